The molecule has 0 radical (unpaired) electrons. The molecular formula is C19H29N3O3. The first kappa shape index (κ1) is 19.1. The Hall–Kier alpha value is -2.24. The van der Waals surface area contributed by atoms with Crippen molar-refractivity contribution in [3.05, 3.63) is 23.3 Å². The van der Waals surface area contributed by atoms with Crippen LogP contribution in [0, 0.1) is 19.8 Å². The van der Waals surface area contributed by atoms with Crippen LogP contribution in [0.2, 0.25) is 0 Å². The molecule has 0 unspecified atom stereocenters. The Balaban J connectivity index is 2.08. The van der Waals surface area contributed by atoms with Crippen LogP contribution < -0.4 is 10.1 Å². The van der Waals surface area contributed by atoms with E-state index in [9.17, 15) is 9.59 Å². The minimum atomic E-state index is -0.451. The summed E-state index contributed by atoms with van der Waals surface area (Å²) in [6, 6.07) is 3.07. The Bertz CT molecular complexity index is 634. The molecule has 3 amide bonds. The fourth-order valence-electron chi connectivity index (χ4n) is 3.37. The van der Waals surface area contributed by atoms with Gasteiger partial charge in [-0.05, 0) is 49.9 Å². The van der Waals surface area contributed by atoms with Crippen LogP contribution in [0.15, 0.2) is 12.1 Å². The molecule has 0 spiro atoms. The molecular weight excluding hydrogens is 318 g/mol. The number of methoxy groups -OCH3 is 1. The third-order valence-electron chi connectivity index (χ3n) is 4.51. The van der Waals surface area contributed by atoms with E-state index in [0.717, 1.165) is 23.4 Å². The standard InChI is InChI=1S/C19H29N3O3/c1-12(2)11-21-7-8-22(15(5)18(21)23)19(24)20-16-9-13(3)17(25-6)14(4)10-16/h9-10,12,15H,7-8,11H2,1-6H3,(H,20,24)/t15-/m1/s1. The van der Waals surface area contributed by atoms with E-state index in [2.05, 4.69) is 19.2 Å². The number of hydrogen-bond donors (Lipinski definition) is 1. The van der Waals surface area contributed by atoms with Gasteiger partial charge < -0.3 is 19.9 Å². The van der Waals surface area contributed by atoms with E-state index in [1.165, 1.54) is 0 Å². The van der Waals surface area contributed by atoms with E-state index < -0.39 is 6.04 Å². The van der Waals surface area contributed by atoms with Crippen molar-refractivity contribution in [1.29, 1.82) is 0 Å². The first-order valence-corrected chi connectivity index (χ1v) is 8.76. The fourth-order valence-corrected chi connectivity index (χ4v) is 3.37. The summed E-state index contributed by atoms with van der Waals surface area (Å²) >= 11 is 0. The molecule has 25 heavy (non-hydrogen) atoms. The molecule has 1 aromatic rings. The van der Waals surface area contributed by atoms with Gasteiger partial charge in [0.2, 0.25) is 5.91 Å². The molecule has 1 fully saturated rings. The van der Waals surface area contributed by atoms with E-state index in [4.69, 9.17) is 4.74 Å². The van der Waals surface area contributed by atoms with Crippen LogP contribution in [-0.4, -0.2) is 54.5 Å². The number of urea groups is 1. The van der Waals surface area contributed by atoms with Gasteiger partial charge in [0.25, 0.3) is 0 Å². The van der Waals surface area contributed by atoms with Crippen molar-refractivity contribution >= 4 is 17.6 Å². The van der Waals surface area contributed by atoms with Crippen LogP contribution in [0.1, 0.15) is 31.9 Å². The van der Waals surface area contributed by atoms with Gasteiger partial charge in [0.05, 0.1) is 7.11 Å². The third kappa shape index (κ3) is 4.24. The normalized spacial score (nSPS) is 17.9. The Kier molecular flexibility index (Phi) is 5.93. The molecule has 1 aliphatic rings. The van der Waals surface area contributed by atoms with Crippen molar-refractivity contribution in [3.63, 3.8) is 0 Å². The van der Waals surface area contributed by atoms with Gasteiger partial charge in [-0.1, -0.05) is 13.8 Å². The lowest BCUT2D eigenvalue weighted by Gasteiger charge is -2.39. The maximum atomic E-state index is 12.6. The van der Waals surface area contributed by atoms with E-state index in [-0.39, 0.29) is 11.9 Å². The van der Waals surface area contributed by atoms with Crippen molar-refractivity contribution in [2.45, 2.75) is 40.7 Å². The number of hydrogen-bond acceptors (Lipinski definition) is 3. The van der Waals surface area contributed by atoms with E-state index >= 15 is 0 Å². The first-order valence-electron chi connectivity index (χ1n) is 8.76. The van der Waals surface area contributed by atoms with Crippen LogP contribution in [0.3, 0.4) is 0 Å². The summed E-state index contributed by atoms with van der Waals surface area (Å²) in [5, 5.41) is 2.91. The predicted octanol–water partition coefficient (Wildman–Crippen LogP) is 3.03. The maximum absolute atomic E-state index is 12.6. The molecule has 0 bridgehead atoms. The number of rotatable bonds is 4. The number of nitrogens with one attached hydrogen (secondary N) is 1. The van der Waals surface area contributed by atoms with Gasteiger partial charge in [-0.15, -0.1) is 0 Å². The number of benzene rings is 1. The zero-order valence-corrected chi connectivity index (χ0v) is 16.0. The van der Waals surface area contributed by atoms with Crippen LogP contribution in [0.5, 0.6) is 5.75 Å². The zero-order valence-electron chi connectivity index (χ0n) is 16.0. The summed E-state index contributed by atoms with van der Waals surface area (Å²) in [6.45, 7) is 11.7. The molecule has 1 saturated heterocycles. The molecule has 1 N–H and O–H groups in total. The van der Waals surface area contributed by atoms with Gasteiger partial charge in [-0.2, -0.15) is 0 Å². The van der Waals surface area contributed by atoms with E-state index in [1.54, 1.807) is 18.9 Å². The van der Waals surface area contributed by atoms with Crippen LogP contribution >= 0.6 is 0 Å². The fraction of sp³-hybridized carbons (Fsp3) is 0.579. The number of amides is 3. The van der Waals surface area contributed by atoms with Gasteiger partial charge in [-0.3, -0.25) is 4.79 Å². The minimum Gasteiger partial charge on any atom is -0.496 e. The van der Waals surface area contributed by atoms with Gasteiger partial charge in [0.15, 0.2) is 0 Å². The van der Waals surface area contributed by atoms with Crippen molar-refractivity contribution in [2.24, 2.45) is 5.92 Å². The Morgan fingerprint density at radius 2 is 1.88 bits per heavy atom. The largest absolute Gasteiger partial charge is 0.496 e. The first-order chi connectivity index (χ1) is 11.7. The second-order valence-corrected chi connectivity index (χ2v) is 7.12. The predicted molar refractivity (Wildman–Crippen MR) is 99.1 cm³/mol. The summed E-state index contributed by atoms with van der Waals surface area (Å²) in [4.78, 5) is 28.6. The highest BCUT2D eigenvalue weighted by Crippen LogP contribution is 2.27. The van der Waals surface area contributed by atoms with Crippen molar-refractivity contribution in [2.75, 3.05) is 32.1 Å². The highest BCUT2D eigenvalue weighted by Gasteiger charge is 2.34. The lowest BCUT2D eigenvalue weighted by Crippen LogP contribution is -2.58. The summed E-state index contributed by atoms with van der Waals surface area (Å²) < 4.78 is 5.35. The second kappa shape index (κ2) is 7.76. The molecule has 6 nitrogen and oxygen atoms in total. The molecule has 2 rings (SSSR count). The molecule has 0 aliphatic carbocycles. The van der Waals surface area contributed by atoms with E-state index in [1.807, 2.05) is 30.9 Å². The number of ether oxygens (including phenoxy) is 1. The molecule has 0 aromatic heterocycles. The highest BCUT2D eigenvalue weighted by atomic mass is 16.5. The topological polar surface area (TPSA) is 61.9 Å². The zero-order chi connectivity index (χ0) is 18.7. The second-order valence-electron chi connectivity index (χ2n) is 7.12. The van der Waals surface area contributed by atoms with Crippen LogP contribution in [0.4, 0.5) is 10.5 Å². The molecule has 1 aromatic carbocycles. The summed E-state index contributed by atoms with van der Waals surface area (Å²) in [7, 11) is 1.64. The van der Waals surface area contributed by atoms with Crippen molar-refractivity contribution < 1.29 is 14.3 Å². The van der Waals surface area contributed by atoms with E-state index in [0.29, 0.717) is 24.7 Å². The van der Waals surface area contributed by atoms with Gasteiger partial charge in [0.1, 0.15) is 11.8 Å². The molecule has 138 valence electrons. The Morgan fingerprint density at radius 1 is 1.28 bits per heavy atom. The molecule has 1 heterocycles. The average molecular weight is 347 g/mol. The summed E-state index contributed by atoms with van der Waals surface area (Å²) in [5.74, 6) is 1.25. The summed E-state index contributed by atoms with van der Waals surface area (Å²) in [6.07, 6.45) is 0. The quantitative estimate of drug-likeness (QED) is 0.911. The van der Waals surface area contributed by atoms with Gasteiger partial charge >= 0.3 is 6.03 Å². The van der Waals surface area contributed by atoms with Gasteiger partial charge in [-0.25, -0.2) is 4.79 Å². The number of aryl methyl sites for hydroxylation is 2. The summed E-state index contributed by atoms with van der Waals surface area (Å²) in [5.41, 5.74) is 2.64. The number of nitrogens with zero attached hydrogens (tertiary/aromatic N) is 2. The van der Waals surface area contributed by atoms with Crippen molar-refractivity contribution in [1.82, 2.24) is 9.80 Å². The molecule has 0 saturated carbocycles. The van der Waals surface area contributed by atoms with Crippen LogP contribution in [0.25, 0.3) is 0 Å². The molecule has 6 heteroatoms. The number of anilines is 1. The average Bonchev–Trinajstić information content (AvgIpc) is 2.51. The lowest BCUT2D eigenvalue weighted by atomic mass is 10.1. The number of carbonyl (C=O) groups is 2. The van der Waals surface area contributed by atoms with Crippen molar-refractivity contribution in [3.8, 4) is 5.75 Å². The molecule has 1 atom stereocenters. The maximum Gasteiger partial charge on any atom is 0.322 e. The Morgan fingerprint density at radius 3 is 2.40 bits per heavy atom. The lowest BCUT2D eigenvalue weighted by molar-refractivity contribution is -0.139. The SMILES string of the molecule is COc1c(C)cc(NC(=O)N2CCN(CC(C)C)C(=O)[C@H]2C)cc1C. The number of piperazine rings is 1. The van der Waals surface area contributed by atoms with Gasteiger partial charge in [0, 0.05) is 25.3 Å². The monoisotopic (exact) mass is 347 g/mol. The smallest absolute Gasteiger partial charge is 0.322 e. The third-order valence-corrected chi connectivity index (χ3v) is 4.51. The Labute approximate surface area is 150 Å². The number of carbonyl (C=O) groups excluding carboxylic acids is 2. The molecule has 1 aliphatic heterocycles. The highest BCUT2D eigenvalue weighted by molar-refractivity contribution is 5.94. The minimum absolute atomic E-state index is 0.0113. The van der Waals surface area contributed by atoms with Crippen LogP contribution in [-0.2, 0) is 4.79 Å².